The maximum Gasteiger partial charge on any atom is 0.124 e. The van der Waals surface area contributed by atoms with Gasteiger partial charge in [0.2, 0.25) is 0 Å². The first kappa shape index (κ1) is 14.9. The molecule has 0 N–H and O–H groups in total. The van der Waals surface area contributed by atoms with Crippen LogP contribution < -0.4 is 0 Å². The zero-order valence-electron chi connectivity index (χ0n) is 12.4. The molecule has 1 aliphatic heterocycles. The van der Waals surface area contributed by atoms with Crippen molar-refractivity contribution in [2.24, 2.45) is 0 Å². The van der Waals surface area contributed by atoms with Crippen molar-refractivity contribution in [3.05, 3.63) is 47.8 Å². The Morgan fingerprint density at radius 3 is 2.65 bits per heavy atom. The van der Waals surface area contributed by atoms with Crippen LogP contribution in [0.1, 0.15) is 18.9 Å². The number of ether oxygens (including phenoxy) is 1. The van der Waals surface area contributed by atoms with E-state index < -0.39 is 0 Å². The highest BCUT2D eigenvalue weighted by molar-refractivity contribution is 5.13. The highest BCUT2D eigenvalue weighted by Crippen LogP contribution is 2.14. The van der Waals surface area contributed by atoms with Gasteiger partial charge >= 0.3 is 0 Å². The third-order valence-corrected chi connectivity index (χ3v) is 3.31. The number of morpholine rings is 1. The lowest BCUT2D eigenvalue weighted by Crippen LogP contribution is -2.40. The molecule has 2 rings (SSSR count). The first-order valence-corrected chi connectivity index (χ1v) is 7.24. The van der Waals surface area contributed by atoms with Gasteiger partial charge in [-0.15, -0.1) is 0 Å². The van der Waals surface area contributed by atoms with Gasteiger partial charge in [0.15, 0.2) is 0 Å². The Bertz CT molecular complexity index is 414. The fraction of sp³-hybridized carbons (Fsp3) is 0.500. The minimum atomic E-state index is 0.586. The molecule has 1 aromatic carbocycles. The highest BCUT2D eigenvalue weighted by Gasteiger charge is 2.17. The number of benzene rings is 1. The molecule has 0 amide bonds. The second-order valence-electron chi connectivity index (χ2n) is 4.83. The summed E-state index contributed by atoms with van der Waals surface area (Å²) >= 11 is 0. The summed E-state index contributed by atoms with van der Waals surface area (Å²) in [5, 5.41) is 1.88. The van der Waals surface area contributed by atoms with Crippen LogP contribution in [0, 0.1) is 0 Å². The largest absolute Gasteiger partial charge is 0.378 e. The van der Waals surface area contributed by atoms with E-state index in [-0.39, 0.29) is 0 Å². The van der Waals surface area contributed by atoms with E-state index in [4.69, 9.17) is 9.57 Å². The average Bonchev–Trinajstić information content (AvgIpc) is 2.52. The van der Waals surface area contributed by atoms with E-state index in [1.54, 1.807) is 0 Å². The SMILES string of the molecule is CC/C=C(/N1CCOCC1)N(C)OCc1ccccc1. The minimum absolute atomic E-state index is 0.586. The van der Waals surface area contributed by atoms with Gasteiger partial charge in [-0.25, -0.2) is 5.06 Å². The van der Waals surface area contributed by atoms with Crippen LogP contribution in [0.3, 0.4) is 0 Å². The second-order valence-corrected chi connectivity index (χ2v) is 4.83. The van der Waals surface area contributed by atoms with Crippen molar-refractivity contribution >= 4 is 0 Å². The van der Waals surface area contributed by atoms with Crippen molar-refractivity contribution in [2.75, 3.05) is 33.4 Å². The van der Waals surface area contributed by atoms with Crippen molar-refractivity contribution in [1.82, 2.24) is 9.96 Å². The van der Waals surface area contributed by atoms with E-state index >= 15 is 0 Å². The fourth-order valence-corrected chi connectivity index (χ4v) is 2.24. The second kappa shape index (κ2) is 7.92. The molecule has 1 aliphatic rings. The van der Waals surface area contributed by atoms with E-state index in [1.807, 2.05) is 30.3 Å². The summed E-state index contributed by atoms with van der Waals surface area (Å²) in [5.74, 6) is 1.13. The van der Waals surface area contributed by atoms with Gasteiger partial charge < -0.3 is 9.64 Å². The van der Waals surface area contributed by atoms with Crippen molar-refractivity contribution in [2.45, 2.75) is 20.0 Å². The molecule has 0 spiro atoms. The third-order valence-electron chi connectivity index (χ3n) is 3.31. The van der Waals surface area contributed by atoms with Gasteiger partial charge in [0.05, 0.1) is 19.8 Å². The van der Waals surface area contributed by atoms with Crippen LogP contribution in [0.5, 0.6) is 0 Å². The van der Waals surface area contributed by atoms with E-state index in [0.29, 0.717) is 6.61 Å². The predicted octanol–water partition coefficient (Wildman–Crippen LogP) is 2.63. The molecule has 4 nitrogen and oxygen atoms in total. The molecule has 0 atom stereocenters. The van der Waals surface area contributed by atoms with E-state index in [9.17, 15) is 0 Å². The monoisotopic (exact) mass is 276 g/mol. The average molecular weight is 276 g/mol. The summed E-state index contributed by atoms with van der Waals surface area (Å²) in [4.78, 5) is 8.20. The lowest BCUT2D eigenvalue weighted by Gasteiger charge is -2.35. The Labute approximate surface area is 121 Å². The molecule has 1 fully saturated rings. The lowest BCUT2D eigenvalue weighted by atomic mass is 10.2. The first-order chi connectivity index (χ1) is 9.81. The fourth-order valence-electron chi connectivity index (χ4n) is 2.24. The molecule has 0 bridgehead atoms. The summed E-state index contributed by atoms with van der Waals surface area (Å²) < 4.78 is 5.41. The van der Waals surface area contributed by atoms with E-state index in [2.05, 4.69) is 30.0 Å². The van der Waals surface area contributed by atoms with Crippen LogP contribution >= 0.6 is 0 Å². The van der Waals surface area contributed by atoms with Gasteiger partial charge in [-0.2, -0.15) is 0 Å². The molecule has 0 unspecified atom stereocenters. The topological polar surface area (TPSA) is 24.9 Å². The van der Waals surface area contributed by atoms with Gasteiger partial charge in [-0.1, -0.05) is 37.3 Å². The molecule has 0 aliphatic carbocycles. The van der Waals surface area contributed by atoms with Crippen molar-refractivity contribution < 1.29 is 9.57 Å². The van der Waals surface area contributed by atoms with Crippen molar-refractivity contribution in [3.63, 3.8) is 0 Å². The zero-order valence-corrected chi connectivity index (χ0v) is 12.4. The number of allylic oxidation sites excluding steroid dienone is 1. The van der Waals surface area contributed by atoms with Crippen LogP contribution in [0.2, 0.25) is 0 Å². The Hall–Kier alpha value is -1.52. The van der Waals surface area contributed by atoms with Crippen LogP contribution in [0.25, 0.3) is 0 Å². The molecule has 0 radical (unpaired) electrons. The summed E-state index contributed by atoms with van der Waals surface area (Å²) in [6.07, 6.45) is 3.20. The number of hydrogen-bond donors (Lipinski definition) is 0. The Morgan fingerprint density at radius 1 is 1.30 bits per heavy atom. The van der Waals surface area contributed by atoms with Gasteiger partial charge in [-0.3, -0.25) is 4.84 Å². The molecule has 110 valence electrons. The number of nitrogens with zero attached hydrogens (tertiary/aromatic N) is 2. The molecule has 0 saturated carbocycles. The molecule has 4 heteroatoms. The van der Waals surface area contributed by atoms with Crippen LogP contribution in [-0.4, -0.2) is 43.3 Å². The molecule has 20 heavy (non-hydrogen) atoms. The highest BCUT2D eigenvalue weighted by atomic mass is 16.7. The van der Waals surface area contributed by atoms with Crippen molar-refractivity contribution in [3.8, 4) is 0 Å². The van der Waals surface area contributed by atoms with Crippen LogP contribution in [-0.2, 0) is 16.2 Å². The Balaban J connectivity index is 1.93. The molecular formula is C16H24N2O2. The third kappa shape index (κ3) is 4.25. The number of rotatable bonds is 6. The molecule has 1 saturated heterocycles. The first-order valence-electron chi connectivity index (χ1n) is 7.24. The quantitative estimate of drug-likeness (QED) is 0.746. The minimum Gasteiger partial charge on any atom is -0.378 e. The summed E-state index contributed by atoms with van der Waals surface area (Å²) in [6, 6.07) is 10.2. The van der Waals surface area contributed by atoms with Gasteiger partial charge in [-0.05, 0) is 18.1 Å². The standard InChI is InChI=1S/C16H24N2O2/c1-3-7-16(18-10-12-19-13-11-18)17(2)20-14-15-8-5-4-6-9-15/h4-9H,3,10-14H2,1-2H3/b16-7+. The van der Waals surface area contributed by atoms with Gasteiger partial charge in [0.25, 0.3) is 0 Å². The molecule has 0 aromatic heterocycles. The Kier molecular flexibility index (Phi) is 5.89. The van der Waals surface area contributed by atoms with E-state index in [1.165, 1.54) is 5.56 Å². The molecule has 1 heterocycles. The van der Waals surface area contributed by atoms with E-state index in [0.717, 1.165) is 38.5 Å². The van der Waals surface area contributed by atoms with Crippen molar-refractivity contribution in [1.29, 1.82) is 0 Å². The van der Waals surface area contributed by atoms with Crippen LogP contribution in [0.4, 0.5) is 0 Å². The summed E-state index contributed by atoms with van der Waals surface area (Å²) in [7, 11) is 1.97. The lowest BCUT2D eigenvalue weighted by molar-refractivity contribution is -0.146. The summed E-state index contributed by atoms with van der Waals surface area (Å²) in [6.45, 7) is 6.14. The Morgan fingerprint density at radius 2 is 2.00 bits per heavy atom. The smallest absolute Gasteiger partial charge is 0.124 e. The summed E-state index contributed by atoms with van der Waals surface area (Å²) in [5.41, 5.74) is 1.18. The molecule has 1 aromatic rings. The maximum absolute atomic E-state index is 5.88. The normalized spacial score (nSPS) is 16.3. The van der Waals surface area contributed by atoms with Gasteiger partial charge in [0.1, 0.15) is 5.82 Å². The zero-order chi connectivity index (χ0) is 14.2. The molecular weight excluding hydrogens is 252 g/mol. The number of hydrogen-bond acceptors (Lipinski definition) is 4. The van der Waals surface area contributed by atoms with Crippen LogP contribution in [0.15, 0.2) is 42.2 Å². The predicted molar refractivity (Wildman–Crippen MR) is 79.8 cm³/mol. The number of hydroxylamine groups is 2. The van der Waals surface area contributed by atoms with Gasteiger partial charge in [0, 0.05) is 20.1 Å². The maximum atomic E-state index is 5.88.